The molecule has 0 saturated carbocycles. The summed E-state index contributed by atoms with van der Waals surface area (Å²) >= 11 is 0. The van der Waals surface area contributed by atoms with Gasteiger partial charge in [0.1, 0.15) is 5.60 Å². The van der Waals surface area contributed by atoms with Crippen LogP contribution < -0.4 is 0 Å². The van der Waals surface area contributed by atoms with Gasteiger partial charge < -0.3 is 14.2 Å². The summed E-state index contributed by atoms with van der Waals surface area (Å²) in [6, 6.07) is 0. The maximum Gasteiger partial charge on any atom is 0.169 e. The molecule has 0 amide bonds. The molecule has 0 unspecified atom stereocenters. The third kappa shape index (κ3) is 1.93. The van der Waals surface area contributed by atoms with Crippen molar-refractivity contribution in [2.24, 2.45) is 0 Å². The Morgan fingerprint density at radius 2 is 2.39 bits per heavy atom. The quantitative estimate of drug-likeness (QED) is 0.568. The Bertz CT molecular complexity index is 352. The number of hydrogen-bond donors (Lipinski definition) is 0. The number of unbranched alkanes of at least 4 members (excludes halogenated alkanes) is 1. The van der Waals surface area contributed by atoms with Crippen LogP contribution in [0.1, 0.15) is 52.4 Å². The van der Waals surface area contributed by atoms with E-state index in [1.807, 2.05) is 0 Å². The lowest BCUT2D eigenvalue weighted by atomic mass is 9.81. The lowest BCUT2D eigenvalue weighted by Crippen LogP contribution is -2.40. The van der Waals surface area contributed by atoms with Crippen molar-refractivity contribution in [2.75, 3.05) is 13.2 Å². The molecule has 2 fully saturated rings. The van der Waals surface area contributed by atoms with E-state index in [0.717, 1.165) is 38.9 Å². The molecule has 0 bridgehead atoms. The van der Waals surface area contributed by atoms with Crippen LogP contribution in [0.4, 0.5) is 0 Å². The topological polar surface area (TPSA) is 27.7 Å². The van der Waals surface area contributed by atoms with Gasteiger partial charge in [-0.15, -0.1) is 0 Å². The van der Waals surface area contributed by atoms with E-state index >= 15 is 0 Å². The van der Waals surface area contributed by atoms with Crippen molar-refractivity contribution >= 4 is 0 Å². The van der Waals surface area contributed by atoms with Gasteiger partial charge in [0.25, 0.3) is 0 Å². The van der Waals surface area contributed by atoms with Crippen LogP contribution in [0.3, 0.4) is 0 Å². The van der Waals surface area contributed by atoms with E-state index in [0.29, 0.717) is 0 Å². The lowest BCUT2D eigenvalue weighted by molar-refractivity contribution is -0.235. The zero-order valence-electron chi connectivity index (χ0n) is 11.5. The van der Waals surface area contributed by atoms with Crippen molar-refractivity contribution in [1.29, 1.82) is 0 Å². The van der Waals surface area contributed by atoms with Gasteiger partial charge in [-0.25, -0.2) is 0 Å². The Morgan fingerprint density at radius 3 is 3.22 bits per heavy atom. The van der Waals surface area contributed by atoms with Gasteiger partial charge in [-0.2, -0.15) is 0 Å². The molecule has 0 radical (unpaired) electrons. The Kier molecular flexibility index (Phi) is 3.25. The average Bonchev–Trinajstić information content (AvgIpc) is 2.80. The molecule has 18 heavy (non-hydrogen) atoms. The first-order chi connectivity index (χ1) is 8.69. The molecule has 3 nitrogen and oxygen atoms in total. The van der Waals surface area contributed by atoms with Gasteiger partial charge in [0.15, 0.2) is 5.79 Å². The molecular weight excluding hydrogens is 228 g/mol. The fourth-order valence-corrected chi connectivity index (χ4v) is 3.54. The fraction of sp³-hybridized carbons (Fsp3) is 0.867. The van der Waals surface area contributed by atoms with Gasteiger partial charge in [-0.3, -0.25) is 0 Å². The maximum atomic E-state index is 6.40. The zero-order valence-corrected chi connectivity index (χ0v) is 11.5. The Morgan fingerprint density at radius 1 is 1.50 bits per heavy atom. The van der Waals surface area contributed by atoms with Crippen molar-refractivity contribution < 1.29 is 14.2 Å². The Balaban J connectivity index is 1.73. The van der Waals surface area contributed by atoms with E-state index in [-0.39, 0.29) is 11.7 Å². The molecule has 1 aliphatic carbocycles. The molecule has 3 aliphatic rings. The second-order valence-corrected chi connectivity index (χ2v) is 5.95. The minimum Gasteiger partial charge on any atom is -0.370 e. The normalized spacial score (nSPS) is 42.6. The highest BCUT2D eigenvalue weighted by molar-refractivity contribution is 5.30. The minimum absolute atomic E-state index is 0.154. The molecule has 3 rings (SSSR count). The number of ether oxygens (including phenoxy) is 3. The summed E-state index contributed by atoms with van der Waals surface area (Å²) in [5.74, 6) is -0.448. The first kappa shape index (κ1) is 12.6. The highest BCUT2D eigenvalue weighted by Gasteiger charge is 2.60. The molecule has 2 saturated heterocycles. The van der Waals surface area contributed by atoms with Crippen LogP contribution in [-0.4, -0.2) is 30.7 Å². The number of hydrogen-bond acceptors (Lipinski definition) is 3. The van der Waals surface area contributed by atoms with Crippen molar-refractivity contribution in [3.63, 3.8) is 0 Å². The van der Waals surface area contributed by atoms with Gasteiger partial charge in [0.05, 0.1) is 19.3 Å². The summed E-state index contributed by atoms with van der Waals surface area (Å²) in [6.45, 7) is 5.80. The highest BCUT2D eigenvalue weighted by atomic mass is 16.7. The molecule has 0 aromatic rings. The van der Waals surface area contributed by atoms with Crippen molar-refractivity contribution in [3.8, 4) is 0 Å². The van der Waals surface area contributed by atoms with Crippen molar-refractivity contribution in [1.82, 2.24) is 0 Å². The van der Waals surface area contributed by atoms with Crippen LogP contribution >= 0.6 is 0 Å². The van der Waals surface area contributed by atoms with Crippen LogP contribution in [0.5, 0.6) is 0 Å². The predicted octanol–water partition coefficient (Wildman–Crippen LogP) is 3.19. The SMILES string of the molecule is CCCCO[C@@]1(C)C[C@@H]2OCC3=CCCC[C@]32O1. The van der Waals surface area contributed by atoms with E-state index in [2.05, 4.69) is 19.9 Å². The molecule has 3 heteroatoms. The van der Waals surface area contributed by atoms with Crippen LogP contribution in [0.25, 0.3) is 0 Å². The lowest BCUT2D eigenvalue weighted by Gasteiger charge is -2.34. The summed E-state index contributed by atoms with van der Waals surface area (Å²) in [5.41, 5.74) is 1.21. The summed E-state index contributed by atoms with van der Waals surface area (Å²) in [5, 5.41) is 0. The van der Waals surface area contributed by atoms with Crippen LogP contribution in [-0.2, 0) is 14.2 Å². The third-order valence-electron chi connectivity index (χ3n) is 4.51. The van der Waals surface area contributed by atoms with Gasteiger partial charge in [-0.05, 0) is 38.2 Å². The first-order valence-corrected chi connectivity index (χ1v) is 7.34. The fourth-order valence-electron chi connectivity index (χ4n) is 3.54. The van der Waals surface area contributed by atoms with Crippen LogP contribution in [0.15, 0.2) is 11.6 Å². The largest absolute Gasteiger partial charge is 0.370 e. The van der Waals surface area contributed by atoms with Gasteiger partial charge in [-0.1, -0.05) is 19.4 Å². The molecule has 2 aliphatic heterocycles. The number of rotatable bonds is 4. The highest BCUT2D eigenvalue weighted by Crippen LogP contribution is 2.52. The van der Waals surface area contributed by atoms with Gasteiger partial charge >= 0.3 is 0 Å². The van der Waals surface area contributed by atoms with Crippen LogP contribution in [0.2, 0.25) is 0 Å². The van der Waals surface area contributed by atoms with Crippen molar-refractivity contribution in [3.05, 3.63) is 11.6 Å². The Hall–Kier alpha value is -0.380. The molecular formula is C15H24O3. The minimum atomic E-state index is -0.448. The monoisotopic (exact) mass is 252 g/mol. The van der Waals surface area contributed by atoms with E-state index in [1.54, 1.807) is 0 Å². The standard InChI is InChI=1S/C15H24O3/c1-3-4-9-17-14(2)10-13-15(18-14)8-6-5-7-12(15)11-16-13/h7,13H,3-6,8-11H2,1-2H3/t13-,14+,15-/m0/s1. The summed E-state index contributed by atoms with van der Waals surface area (Å²) < 4.78 is 18.3. The predicted molar refractivity (Wildman–Crippen MR) is 69.4 cm³/mol. The average molecular weight is 252 g/mol. The van der Waals surface area contributed by atoms with Gasteiger partial charge in [0.2, 0.25) is 0 Å². The smallest absolute Gasteiger partial charge is 0.169 e. The van der Waals surface area contributed by atoms with E-state index in [9.17, 15) is 0 Å². The molecule has 1 spiro atoms. The molecule has 0 N–H and O–H groups in total. The molecule has 0 aromatic carbocycles. The first-order valence-electron chi connectivity index (χ1n) is 7.34. The summed E-state index contributed by atoms with van der Waals surface area (Å²) in [4.78, 5) is 0. The maximum absolute atomic E-state index is 6.40. The summed E-state index contributed by atoms with van der Waals surface area (Å²) in [7, 11) is 0. The van der Waals surface area contributed by atoms with E-state index in [1.165, 1.54) is 18.4 Å². The zero-order chi connectivity index (χ0) is 12.6. The third-order valence-corrected chi connectivity index (χ3v) is 4.51. The second-order valence-electron chi connectivity index (χ2n) is 5.95. The van der Waals surface area contributed by atoms with E-state index < -0.39 is 5.79 Å². The molecule has 102 valence electrons. The van der Waals surface area contributed by atoms with Crippen molar-refractivity contribution in [2.45, 2.75) is 69.9 Å². The molecule has 2 heterocycles. The second kappa shape index (κ2) is 4.62. The van der Waals surface area contributed by atoms with Gasteiger partial charge in [0, 0.05) is 6.42 Å². The van der Waals surface area contributed by atoms with E-state index in [4.69, 9.17) is 14.2 Å². The summed E-state index contributed by atoms with van der Waals surface area (Å²) in [6.07, 6.45) is 9.12. The van der Waals surface area contributed by atoms with Crippen LogP contribution in [0, 0.1) is 0 Å². The Labute approximate surface area is 109 Å². The molecule has 0 aromatic heterocycles. The number of allylic oxidation sites excluding steroid dienone is 1. The molecule has 3 atom stereocenters.